The lowest BCUT2D eigenvalue weighted by atomic mass is 10.0. The molecule has 0 unspecified atom stereocenters. The van der Waals surface area contributed by atoms with Crippen LogP contribution in [-0.2, 0) is 22.6 Å². The summed E-state index contributed by atoms with van der Waals surface area (Å²) in [6.45, 7) is 2.88. The zero-order valence-electron chi connectivity index (χ0n) is 14.6. The van der Waals surface area contributed by atoms with Crippen molar-refractivity contribution in [2.45, 2.75) is 26.3 Å². The Kier molecular flexibility index (Phi) is 5.93. The van der Waals surface area contributed by atoms with Gasteiger partial charge in [0, 0.05) is 28.7 Å². The largest absolute Gasteiger partial charge is 0.494 e. The number of para-hydroxylation sites is 1. The molecule has 0 fully saturated rings. The van der Waals surface area contributed by atoms with Gasteiger partial charge in [-0.05, 0) is 43.2 Å². The molecule has 2 amide bonds. The Morgan fingerprint density at radius 1 is 1.23 bits per heavy atom. The number of hydrogen-bond donors (Lipinski definition) is 1. The molecule has 1 aliphatic heterocycles. The Morgan fingerprint density at radius 3 is 2.85 bits per heavy atom. The molecule has 0 aliphatic carbocycles. The summed E-state index contributed by atoms with van der Waals surface area (Å²) >= 11 is 3.45. The van der Waals surface area contributed by atoms with Crippen LogP contribution < -0.4 is 15.0 Å². The summed E-state index contributed by atoms with van der Waals surface area (Å²) in [6, 6.07) is 13.4. The molecule has 1 N–H and O–H groups in total. The topological polar surface area (TPSA) is 58.6 Å². The molecule has 0 spiro atoms. The summed E-state index contributed by atoms with van der Waals surface area (Å²) in [5, 5.41) is 2.89. The van der Waals surface area contributed by atoms with Gasteiger partial charge >= 0.3 is 0 Å². The molecule has 0 saturated heterocycles. The van der Waals surface area contributed by atoms with Gasteiger partial charge in [0.25, 0.3) is 0 Å². The number of rotatable bonds is 6. The van der Waals surface area contributed by atoms with Gasteiger partial charge < -0.3 is 15.0 Å². The predicted molar refractivity (Wildman–Crippen MR) is 104 cm³/mol. The van der Waals surface area contributed by atoms with Gasteiger partial charge in [0.15, 0.2) is 0 Å². The van der Waals surface area contributed by atoms with Crippen molar-refractivity contribution in [3.8, 4) is 5.75 Å². The predicted octanol–water partition coefficient (Wildman–Crippen LogP) is 3.44. The summed E-state index contributed by atoms with van der Waals surface area (Å²) in [4.78, 5) is 26.3. The minimum atomic E-state index is -0.194. The summed E-state index contributed by atoms with van der Waals surface area (Å²) in [5.74, 6) is 0.546. The van der Waals surface area contributed by atoms with E-state index in [9.17, 15) is 9.59 Å². The summed E-state index contributed by atoms with van der Waals surface area (Å²) in [6.07, 6.45) is 1.12. The van der Waals surface area contributed by atoms with Crippen LogP contribution in [0.5, 0.6) is 5.75 Å². The van der Waals surface area contributed by atoms with Crippen molar-refractivity contribution in [1.29, 1.82) is 0 Å². The van der Waals surface area contributed by atoms with E-state index in [1.54, 1.807) is 4.90 Å². The lowest BCUT2D eigenvalue weighted by Gasteiger charge is -2.29. The van der Waals surface area contributed by atoms with Gasteiger partial charge in [0.1, 0.15) is 12.3 Å². The van der Waals surface area contributed by atoms with Crippen molar-refractivity contribution in [3.63, 3.8) is 0 Å². The number of amides is 2. The van der Waals surface area contributed by atoms with Crippen molar-refractivity contribution in [2.75, 3.05) is 18.1 Å². The van der Waals surface area contributed by atoms with E-state index in [4.69, 9.17) is 4.74 Å². The lowest BCUT2D eigenvalue weighted by Crippen LogP contribution is -2.42. The maximum atomic E-state index is 12.4. The highest BCUT2D eigenvalue weighted by atomic mass is 79.9. The molecule has 5 nitrogen and oxygen atoms in total. The molecule has 26 heavy (non-hydrogen) atoms. The van der Waals surface area contributed by atoms with E-state index in [1.165, 1.54) is 0 Å². The summed E-state index contributed by atoms with van der Waals surface area (Å²) in [7, 11) is 0. The maximum Gasteiger partial charge on any atom is 0.240 e. The van der Waals surface area contributed by atoms with Crippen molar-refractivity contribution >= 4 is 33.4 Å². The molecule has 0 aromatic heterocycles. The van der Waals surface area contributed by atoms with Crippen LogP contribution in [-0.4, -0.2) is 25.0 Å². The van der Waals surface area contributed by atoms with E-state index in [2.05, 4.69) is 21.2 Å². The number of fused-ring (bicyclic) bond motifs is 1. The van der Waals surface area contributed by atoms with Crippen LogP contribution in [0.4, 0.5) is 5.69 Å². The molecule has 0 saturated carbocycles. The van der Waals surface area contributed by atoms with Crippen LogP contribution in [0.2, 0.25) is 0 Å². The highest BCUT2D eigenvalue weighted by molar-refractivity contribution is 9.10. The second kappa shape index (κ2) is 8.36. The van der Waals surface area contributed by atoms with E-state index in [0.717, 1.165) is 27.0 Å². The zero-order valence-corrected chi connectivity index (χ0v) is 16.2. The Balaban J connectivity index is 1.66. The van der Waals surface area contributed by atoms with Gasteiger partial charge in [0.2, 0.25) is 11.8 Å². The van der Waals surface area contributed by atoms with E-state index < -0.39 is 0 Å². The number of nitrogens with one attached hydrogen (secondary N) is 1. The fraction of sp³-hybridized carbons (Fsp3) is 0.300. The number of anilines is 1. The third-order valence-corrected chi connectivity index (χ3v) is 4.79. The number of carbonyl (C=O) groups excluding carboxylic acids is 2. The number of ether oxygens (including phenoxy) is 1. The Hall–Kier alpha value is -2.34. The highest BCUT2D eigenvalue weighted by Crippen LogP contribution is 2.30. The second-order valence-corrected chi connectivity index (χ2v) is 6.99. The number of benzene rings is 2. The Labute approximate surface area is 161 Å². The fourth-order valence-electron chi connectivity index (χ4n) is 3.04. The average molecular weight is 417 g/mol. The van der Waals surface area contributed by atoms with Crippen LogP contribution in [0, 0.1) is 0 Å². The Bertz CT molecular complexity index is 822. The van der Waals surface area contributed by atoms with Crippen molar-refractivity contribution in [1.82, 2.24) is 5.32 Å². The summed E-state index contributed by atoms with van der Waals surface area (Å²) < 4.78 is 6.55. The van der Waals surface area contributed by atoms with Crippen LogP contribution in [0.15, 0.2) is 46.9 Å². The first-order valence-electron chi connectivity index (χ1n) is 8.64. The average Bonchev–Trinajstić information content (AvgIpc) is 2.63. The molecule has 6 heteroatoms. The fourth-order valence-corrected chi connectivity index (χ4v) is 3.45. The van der Waals surface area contributed by atoms with Gasteiger partial charge in [-0.15, -0.1) is 0 Å². The molecular formula is C20H21BrN2O3. The van der Waals surface area contributed by atoms with Gasteiger partial charge in [-0.25, -0.2) is 0 Å². The smallest absolute Gasteiger partial charge is 0.240 e. The summed E-state index contributed by atoms with van der Waals surface area (Å²) in [5.41, 5.74) is 2.81. The maximum absolute atomic E-state index is 12.4. The van der Waals surface area contributed by atoms with Crippen LogP contribution in [0.3, 0.4) is 0 Å². The third kappa shape index (κ3) is 4.25. The number of nitrogens with zero attached hydrogens (tertiary/aromatic N) is 1. The standard InChI is InChI=1S/C20H21BrN2O3/c1-2-26-18-6-4-3-5-15(18)12-22-19(24)13-23-17-9-8-16(21)11-14(17)7-10-20(23)25/h3-6,8-9,11H,2,7,10,12-13H2,1H3,(H,22,24). The SMILES string of the molecule is CCOc1ccccc1CNC(=O)CN1C(=O)CCc2cc(Br)ccc21. The van der Waals surface area contributed by atoms with Crippen molar-refractivity contribution in [2.24, 2.45) is 0 Å². The van der Waals surface area contributed by atoms with Gasteiger partial charge in [0.05, 0.1) is 6.61 Å². The molecule has 2 aromatic rings. The molecule has 0 bridgehead atoms. The quantitative estimate of drug-likeness (QED) is 0.784. The second-order valence-electron chi connectivity index (χ2n) is 6.07. The third-order valence-electron chi connectivity index (χ3n) is 4.29. The number of aryl methyl sites for hydroxylation is 1. The molecule has 3 rings (SSSR count). The molecule has 0 atom stereocenters. The first-order valence-corrected chi connectivity index (χ1v) is 9.44. The van der Waals surface area contributed by atoms with Crippen LogP contribution >= 0.6 is 15.9 Å². The first-order chi connectivity index (χ1) is 12.6. The van der Waals surface area contributed by atoms with E-state index in [0.29, 0.717) is 26.0 Å². The molecule has 1 aliphatic rings. The van der Waals surface area contributed by atoms with E-state index >= 15 is 0 Å². The zero-order chi connectivity index (χ0) is 18.5. The lowest BCUT2D eigenvalue weighted by molar-refractivity contribution is -0.124. The number of hydrogen-bond acceptors (Lipinski definition) is 3. The van der Waals surface area contributed by atoms with Gasteiger partial charge in [-0.2, -0.15) is 0 Å². The molecule has 136 valence electrons. The Morgan fingerprint density at radius 2 is 2.04 bits per heavy atom. The monoisotopic (exact) mass is 416 g/mol. The van der Waals surface area contributed by atoms with E-state index in [-0.39, 0.29) is 18.4 Å². The molecule has 2 aromatic carbocycles. The normalized spacial score (nSPS) is 13.3. The van der Waals surface area contributed by atoms with Crippen molar-refractivity contribution < 1.29 is 14.3 Å². The first kappa shape index (κ1) is 18.5. The van der Waals surface area contributed by atoms with Crippen LogP contribution in [0.1, 0.15) is 24.5 Å². The molecular weight excluding hydrogens is 396 g/mol. The number of halogens is 1. The number of carbonyl (C=O) groups is 2. The van der Waals surface area contributed by atoms with Gasteiger partial charge in [-0.3, -0.25) is 9.59 Å². The molecule has 0 radical (unpaired) electrons. The van der Waals surface area contributed by atoms with Gasteiger partial charge in [-0.1, -0.05) is 34.1 Å². The highest BCUT2D eigenvalue weighted by Gasteiger charge is 2.26. The minimum absolute atomic E-state index is 0.0181. The minimum Gasteiger partial charge on any atom is -0.494 e. The van der Waals surface area contributed by atoms with Crippen LogP contribution in [0.25, 0.3) is 0 Å². The van der Waals surface area contributed by atoms with E-state index in [1.807, 2.05) is 49.4 Å². The van der Waals surface area contributed by atoms with Crippen molar-refractivity contribution in [3.05, 3.63) is 58.1 Å². The molecule has 1 heterocycles.